The van der Waals surface area contributed by atoms with E-state index in [0.717, 1.165) is 12.0 Å². The average Bonchev–Trinajstić information content (AvgIpc) is 2.42. The standard InChI is InChI=1S/C17H26N2O5S.Na/c1-11(2)8-13-9-14-12(6-7-15(18-14)25(21,22)23)10-19(13)16(20)24-17(3,4)5;/h6-7,11,13H,8-10H2,1-5H3,(H,21,22,23);/q;+1/p-1. The third-order valence-corrected chi connectivity index (χ3v) is 4.62. The maximum absolute atomic E-state index is 12.6. The van der Waals surface area contributed by atoms with Gasteiger partial charge < -0.3 is 14.2 Å². The van der Waals surface area contributed by atoms with E-state index in [0.29, 0.717) is 18.0 Å². The Morgan fingerprint density at radius 1 is 1.38 bits per heavy atom. The molecule has 7 nitrogen and oxygen atoms in total. The van der Waals surface area contributed by atoms with Gasteiger partial charge in [0.25, 0.3) is 0 Å². The summed E-state index contributed by atoms with van der Waals surface area (Å²) in [6, 6.07) is 2.59. The number of carbonyl (C=O) groups is 1. The van der Waals surface area contributed by atoms with Gasteiger partial charge in [0.2, 0.25) is 0 Å². The molecular weight excluding hydrogens is 367 g/mol. The van der Waals surface area contributed by atoms with Crippen LogP contribution in [0.1, 0.15) is 52.3 Å². The molecule has 0 spiro atoms. The van der Waals surface area contributed by atoms with E-state index in [1.165, 1.54) is 6.07 Å². The molecule has 1 amide bonds. The van der Waals surface area contributed by atoms with Crippen LogP contribution < -0.4 is 29.6 Å². The predicted molar refractivity (Wildman–Crippen MR) is 90.9 cm³/mol. The van der Waals surface area contributed by atoms with Gasteiger partial charge in [-0.2, -0.15) is 0 Å². The minimum Gasteiger partial charge on any atom is -0.743 e. The number of hydrogen-bond donors (Lipinski definition) is 0. The number of carbonyl (C=O) groups excluding carboxylic acids is 1. The minimum atomic E-state index is -4.60. The molecule has 0 aliphatic carbocycles. The van der Waals surface area contributed by atoms with Gasteiger partial charge in [-0.3, -0.25) is 0 Å². The summed E-state index contributed by atoms with van der Waals surface area (Å²) >= 11 is 0. The van der Waals surface area contributed by atoms with Crippen molar-refractivity contribution in [2.75, 3.05) is 0 Å². The van der Waals surface area contributed by atoms with E-state index < -0.39 is 26.8 Å². The molecule has 1 unspecified atom stereocenters. The summed E-state index contributed by atoms with van der Waals surface area (Å²) in [6.45, 7) is 9.82. The predicted octanol–water partition coefficient (Wildman–Crippen LogP) is -0.302. The first kappa shape index (κ1) is 23.4. The average molecular weight is 392 g/mol. The van der Waals surface area contributed by atoms with Crippen LogP contribution in [0.25, 0.3) is 0 Å². The van der Waals surface area contributed by atoms with Crippen LogP contribution in [0.4, 0.5) is 4.79 Å². The second-order valence-corrected chi connectivity index (χ2v) is 9.13. The monoisotopic (exact) mass is 392 g/mol. The molecule has 0 radical (unpaired) electrons. The Balaban J connectivity index is 0.00000338. The number of rotatable bonds is 3. The van der Waals surface area contributed by atoms with Crippen LogP contribution in [0.3, 0.4) is 0 Å². The topological polar surface area (TPSA) is 99.6 Å². The Hall–Kier alpha value is -0.670. The number of aromatic nitrogens is 1. The van der Waals surface area contributed by atoms with Gasteiger partial charge in [-0.15, -0.1) is 0 Å². The van der Waals surface area contributed by atoms with Gasteiger partial charge >= 0.3 is 35.7 Å². The maximum Gasteiger partial charge on any atom is 1.00 e. The number of nitrogens with zero attached hydrogens (tertiary/aromatic N) is 2. The Morgan fingerprint density at radius 2 is 2.00 bits per heavy atom. The molecule has 26 heavy (non-hydrogen) atoms. The number of amides is 1. The molecule has 0 fully saturated rings. The van der Waals surface area contributed by atoms with Crippen LogP contribution in [-0.2, 0) is 27.8 Å². The van der Waals surface area contributed by atoms with Crippen molar-refractivity contribution in [1.29, 1.82) is 0 Å². The third-order valence-electron chi connectivity index (χ3n) is 3.88. The summed E-state index contributed by atoms with van der Waals surface area (Å²) in [4.78, 5) is 18.3. The second-order valence-electron chi connectivity index (χ2n) is 7.81. The van der Waals surface area contributed by atoms with E-state index in [2.05, 4.69) is 18.8 Å². The van der Waals surface area contributed by atoms with Crippen molar-refractivity contribution in [1.82, 2.24) is 9.88 Å². The van der Waals surface area contributed by atoms with Gasteiger partial charge in [-0.1, -0.05) is 19.9 Å². The summed E-state index contributed by atoms with van der Waals surface area (Å²) in [6.07, 6.45) is 0.731. The maximum atomic E-state index is 12.6. The van der Waals surface area contributed by atoms with Crippen molar-refractivity contribution < 1.29 is 52.1 Å². The molecule has 1 aromatic rings. The number of hydrogen-bond acceptors (Lipinski definition) is 6. The third kappa shape index (κ3) is 6.20. The fraction of sp³-hybridized carbons (Fsp3) is 0.647. The Morgan fingerprint density at radius 3 is 2.50 bits per heavy atom. The quantitative estimate of drug-likeness (QED) is 0.517. The van der Waals surface area contributed by atoms with E-state index in [1.54, 1.807) is 11.0 Å². The van der Waals surface area contributed by atoms with E-state index >= 15 is 0 Å². The fourth-order valence-corrected chi connectivity index (χ4v) is 3.36. The van der Waals surface area contributed by atoms with Crippen LogP contribution in [0.5, 0.6) is 0 Å². The molecule has 1 aliphatic rings. The smallest absolute Gasteiger partial charge is 0.743 e. The summed E-state index contributed by atoms with van der Waals surface area (Å²) in [5.41, 5.74) is 0.694. The van der Waals surface area contributed by atoms with Crippen molar-refractivity contribution >= 4 is 16.2 Å². The first-order valence-electron chi connectivity index (χ1n) is 8.31. The van der Waals surface area contributed by atoms with Gasteiger partial charge in [-0.25, -0.2) is 18.2 Å². The molecule has 2 rings (SSSR count). The molecule has 0 saturated heterocycles. The van der Waals surface area contributed by atoms with Crippen molar-refractivity contribution in [2.24, 2.45) is 5.92 Å². The van der Waals surface area contributed by atoms with Crippen LogP contribution in [0.15, 0.2) is 17.2 Å². The molecule has 1 aromatic heterocycles. The zero-order valence-corrected chi connectivity index (χ0v) is 19.1. The summed E-state index contributed by atoms with van der Waals surface area (Å²) in [5, 5.41) is -0.472. The van der Waals surface area contributed by atoms with Crippen LogP contribution in [-0.4, -0.2) is 40.6 Å². The Labute approximate surface area is 177 Å². The van der Waals surface area contributed by atoms with Crippen molar-refractivity contribution in [3.8, 4) is 0 Å². The molecule has 0 aromatic carbocycles. The zero-order chi connectivity index (χ0) is 19.0. The number of pyridine rings is 1. The van der Waals surface area contributed by atoms with Gasteiger partial charge in [0.15, 0.2) is 0 Å². The first-order valence-corrected chi connectivity index (χ1v) is 9.72. The van der Waals surface area contributed by atoms with Gasteiger partial charge in [0, 0.05) is 18.2 Å². The van der Waals surface area contributed by atoms with Crippen LogP contribution >= 0.6 is 0 Å². The first-order chi connectivity index (χ1) is 11.4. The van der Waals surface area contributed by atoms with Crippen molar-refractivity contribution in [3.63, 3.8) is 0 Å². The fourth-order valence-electron chi connectivity index (χ4n) is 2.90. The minimum absolute atomic E-state index is 0. The summed E-state index contributed by atoms with van der Waals surface area (Å²) in [5.74, 6) is 0.336. The molecule has 0 saturated carbocycles. The van der Waals surface area contributed by atoms with Gasteiger partial charge in [0.05, 0.1) is 6.54 Å². The zero-order valence-electron chi connectivity index (χ0n) is 16.3. The summed E-state index contributed by atoms with van der Waals surface area (Å²) < 4.78 is 39.1. The van der Waals surface area contributed by atoms with E-state index in [-0.39, 0.29) is 42.1 Å². The van der Waals surface area contributed by atoms with Crippen LogP contribution in [0, 0.1) is 5.92 Å². The molecule has 140 valence electrons. The van der Waals surface area contributed by atoms with E-state index in [9.17, 15) is 17.8 Å². The molecule has 9 heteroatoms. The Kier molecular flexibility index (Phi) is 7.69. The van der Waals surface area contributed by atoms with Crippen molar-refractivity contribution in [3.05, 3.63) is 23.4 Å². The molecule has 2 heterocycles. The van der Waals surface area contributed by atoms with Gasteiger partial charge in [-0.05, 0) is 44.7 Å². The largest absolute Gasteiger partial charge is 1.00 e. The van der Waals surface area contributed by atoms with E-state index in [1.807, 2.05) is 20.8 Å². The molecule has 1 aliphatic heterocycles. The van der Waals surface area contributed by atoms with Gasteiger partial charge in [0.1, 0.15) is 20.7 Å². The SMILES string of the molecule is CC(C)CC1Cc2nc(S(=O)(=O)[O-])ccc2CN1C(=O)OC(C)(C)C.[Na+]. The Bertz CT molecular complexity index is 759. The van der Waals surface area contributed by atoms with E-state index in [4.69, 9.17) is 4.74 Å². The molecule has 0 bridgehead atoms. The molecule has 0 N–H and O–H groups in total. The summed E-state index contributed by atoms with van der Waals surface area (Å²) in [7, 11) is -4.60. The van der Waals surface area contributed by atoms with Crippen LogP contribution in [0.2, 0.25) is 0 Å². The van der Waals surface area contributed by atoms with Crippen molar-refractivity contribution in [2.45, 2.75) is 70.7 Å². The normalized spacial score (nSPS) is 17.5. The number of ether oxygens (including phenoxy) is 1. The second kappa shape index (κ2) is 8.56. The number of fused-ring (bicyclic) bond motifs is 1. The molecular formula is C17H25N2NaO5S. The molecule has 1 atom stereocenters.